The summed E-state index contributed by atoms with van der Waals surface area (Å²) in [6, 6.07) is 0. The van der Waals surface area contributed by atoms with E-state index in [4.69, 9.17) is 0 Å². The molecule has 0 spiro atoms. The molecule has 2 atom stereocenters. The summed E-state index contributed by atoms with van der Waals surface area (Å²) in [7, 11) is 1.39. The lowest BCUT2D eigenvalue weighted by molar-refractivity contribution is -0.134. The van der Waals surface area contributed by atoms with Crippen molar-refractivity contribution in [3.63, 3.8) is 0 Å². The predicted molar refractivity (Wildman–Crippen MR) is 72.7 cm³/mol. The summed E-state index contributed by atoms with van der Waals surface area (Å²) in [6.07, 6.45) is 6.84. The van der Waals surface area contributed by atoms with E-state index in [0.29, 0.717) is 5.92 Å². The molecule has 0 heterocycles. The lowest BCUT2D eigenvalue weighted by Gasteiger charge is -2.18. The zero-order valence-corrected chi connectivity index (χ0v) is 12.0. The molecule has 0 saturated heterocycles. The van der Waals surface area contributed by atoms with E-state index in [2.05, 4.69) is 38.5 Å². The smallest absolute Gasteiger partial charge is 0.330 e. The van der Waals surface area contributed by atoms with Crippen LogP contribution in [0.2, 0.25) is 0 Å². The number of allylic oxidation sites excluding steroid dienone is 3. The van der Waals surface area contributed by atoms with Crippen LogP contribution in [0, 0.1) is 17.8 Å². The number of hydrogen-bond donors (Lipinski definition) is 0. The van der Waals surface area contributed by atoms with Gasteiger partial charge in [0.2, 0.25) is 0 Å². The van der Waals surface area contributed by atoms with E-state index in [9.17, 15) is 4.79 Å². The third-order valence-electron chi connectivity index (χ3n) is 3.12. The minimum absolute atomic E-state index is 0.296. The maximum atomic E-state index is 11.0. The van der Waals surface area contributed by atoms with E-state index in [0.717, 1.165) is 17.4 Å². The predicted octanol–water partition coefficient (Wildman–Crippen LogP) is 3.98. The molecule has 0 rings (SSSR count). The normalized spacial score (nSPS) is 16.3. The van der Waals surface area contributed by atoms with E-state index >= 15 is 0 Å². The average Bonchev–Trinajstić information content (AvgIpc) is 2.25. The molecule has 0 aliphatic rings. The first-order valence-corrected chi connectivity index (χ1v) is 6.31. The molecule has 0 aliphatic carbocycles. The molecule has 0 saturated carbocycles. The summed E-state index contributed by atoms with van der Waals surface area (Å²) in [5.74, 6) is 1.68. The van der Waals surface area contributed by atoms with Crippen LogP contribution in [0.25, 0.3) is 0 Å². The van der Waals surface area contributed by atoms with Crippen molar-refractivity contribution in [2.45, 2.75) is 41.0 Å². The van der Waals surface area contributed by atoms with E-state index in [1.807, 2.05) is 13.0 Å². The summed E-state index contributed by atoms with van der Waals surface area (Å²) in [5, 5.41) is 0. The standard InChI is InChI=1S/C15H26O2/c1-11(2)14(5)9-12(3)7-8-13(4)10-15(16)17-6/h7-8,10-12,14H,9H2,1-6H3. The number of esters is 1. The molecular weight excluding hydrogens is 212 g/mol. The number of hydrogen-bond acceptors (Lipinski definition) is 2. The first-order chi connectivity index (χ1) is 7.86. The van der Waals surface area contributed by atoms with Gasteiger partial charge in [-0.05, 0) is 36.7 Å². The van der Waals surface area contributed by atoms with Crippen LogP contribution in [0.3, 0.4) is 0 Å². The highest BCUT2D eigenvalue weighted by Gasteiger charge is 2.09. The topological polar surface area (TPSA) is 26.3 Å². The Hall–Kier alpha value is -1.05. The van der Waals surface area contributed by atoms with Crippen molar-refractivity contribution in [1.29, 1.82) is 0 Å². The van der Waals surface area contributed by atoms with Gasteiger partial charge >= 0.3 is 5.97 Å². The van der Waals surface area contributed by atoms with Crippen LogP contribution in [-0.4, -0.2) is 13.1 Å². The first kappa shape index (κ1) is 16.0. The average molecular weight is 238 g/mol. The van der Waals surface area contributed by atoms with Gasteiger partial charge in [-0.15, -0.1) is 0 Å². The van der Waals surface area contributed by atoms with Gasteiger partial charge in [-0.1, -0.05) is 39.8 Å². The molecule has 0 aliphatic heterocycles. The van der Waals surface area contributed by atoms with E-state index in [1.165, 1.54) is 19.6 Å². The van der Waals surface area contributed by atoms with Gasteiger partial charge in [-0.25, -0.2) is 4.79 Å². The molecule has 0 amide bonds. The van der Waals surface area contributed by atoms with Crippen molar-refractivity contribution < 1.29 is 9.53 Å². The van der Waals surface area contributed by atoms with Crippen LogP contribution in [-0.2, 0) is 9.53 Å². The molecule has 0 radical (unpaired) electrons. The quantitative estimate of drug-likeness (QED) is 0.397. The summed E-state index contributed by atoms with van der Waals surface area (Å²) < 4.78 is 4.57. The summed E-state index contributed by atoms with van der Waals surface area (Å²) in [6.45, 7) is 10.9. The summed E-state index contributed by atoms with van der Waals surface area (Å²) in [5.41, 5.74) is 0.931. The molecular formula is C15H26O2. The van der Waals surface area contributed by atoms with Crippen molar-refractivity contribution in [1.82, 2.24) is 0 Å². The third-order valence-corrected chi connectivity index (χ3v) is 3.12. The third kappa shape index (κ3) is 7.78. The largest absolute Gasteiger partial charge is 0.466 e. The molecule has 0 aromatic rings. The van der Waals surface area contributed by atoms with E-state index in [-0.39, 0.29) is 5.97 Å². The van der Waals surface area contributed by atoms with Crippen LogP contribution in [0.1, 0.15) is 41.0 Å². The summed E-state index contributed by atoms with van der Waals surface area (Å²) >= 11 is 0. The second kappa shape index (κ2) is 8.10. The number of carbonyl (C=O) groups is 1. The van der Waals surface area contributed by atoms with E-state index in [1.54, 1.807) is 0 Å². The van der Waals surface area contributed by atoms with Crippen LogP contribution in [0.5, 0.6) is 0 Å². The Morgan fingerprint density at radius 3 is 2.29 bits per heavy atom. The Labute approximate surface area is 106 Å². The zero-order valence-electron chi connectivity index (χ0n) is 12.0. The van der Waals surface area contributed by atoms with Gasteiger partial charge in [0.05, 0.1) is 7.11 Å². The minimum Gasteiger partial charge on any atom is -0.466 e. The van der Waals surface area contributed by atoms with Crippen LogP contribution >= 0.6 is 0 Å². The second-order valence-electron chi connectivity index (χ2n) is 5.20. The highest BCUT2D eigenvalue weighted by Crippen LogP contribution is 2.20. The van der Waals surface area contributed by atoms with E-state index < -0.39 is 0 Å². The number of ether oxygens (including phenoxy) is 1. The Bertz CT molecular complexity index is 287. The summed E-state index contributed by atoms with van der Waals surface area (Å²) in [4.78, 5) is 11.0. The fraction of sp³-hybridized carbons (Fsp3) is 0.667. The number of rotatable bonds is 6. The fourth-order valence-corrected chi connectivity index (χ4v) is 1.55. The van der Waals surface area contributed by atoms with Crippen molar-refractivity contribution in [3.05, 3.63) is 23.8 Å². The molecule has 0 N–H and O–H groups in total. The lowest BCUT2D eigenvalue weighted by atomic mass is 9.88. The highest BCUT2D eigenvalue weighted by atomic mass is 16.5. The van der Waals surface area contributed by atoms with Crippen molar-refractivity contribution >= 4 is 5.97 Å². The Morgan fingerprint density at radius 1 is 1.24 bits per heavy atom. The minimum atomic E-state index is -0.296. The highest BCUT2D eigenvalue weighted by molar-refractivity contribution is 5.83. The van der Waals surface area contributed by atoms with Gasteiger partial charge in [0.25, 0.3) is 0 Å². The number of methoxy groups -OCH3 is 1. The van der Waals surface area contributed by atoms with Gasteiger partial charge in [-0.3, -0.25) is 0 Å². The molecule has 2 unspecified atom stereocenters. The second-order valence-corrected chi connectivity index (χ2v) is 5.20. The molecule has 0 aromatic carbocycles. The monoisotopic (exact) mass is 238 g/mol. The first-order valence-electron chi connectivity index (χ1n) is 6.31. The van der Waals surface area contributed by atoms with Gasteiger partial charge in [0.1, 0.15) is 0 Å². The van der Waals surface area contributed by atoms with Gasteiger partial charge in [-0.2, -0.15) is 0 Å². The zero-order chi connectivity index (χ0) is 13.4. The van der Waals surface area contributed by atoms with Crippen LogP contribution in [0.15, 0.2) is 23.8 Å². The lowest BCUT2D eigenvalue weighted by Crippen LogP contribution is -2.07. The van der Waals surface area contributed by atoms with Crippen LogP contribution < -0.4 is 0 Å². The maximum absolute atomic E-state index is 11.0. The molecule has 2 nitrogen and oxygen atoms in total. The van der Waals surface area contributed by atoms with Crippen LogP contribution in [0.4, 0.5) is 0 Å². The maximum Gasteiger partial charge on any atom is 0.330 e. The molecule has 98 valence electrons. The Morgan fingerprint density at radius 2 is 1.82 bits per heavy atom. The van der Waals surface area contributed by atoms with Crippen molar-refractivity contribution in [2.24, 2.45) is 17.8 Å². The van der Waals surface area contributed by atoms with Gasteiger partial charge in [0.15, 0.2) is 0 Å². The Balaban J connectivity index is 4.24. The molecule has 0 fully saturated rings. The number of carbonyl (C=O) groups excluding carboxylic acids is 1. The van der Waals surface area contributed by atoms with Crippen molar-refractivity contribution in [2.75, 3.05) is 7.11 Å². The SMILES string of the molecule is COC(=O)C=C(C)C=CC(C)CC(C)C(C)C. The molecule has 17 heavy (non-hydrogen) atoms. The molecule has 0 bridgehead atoms. The Kier molecular flexibility index (Phi) is 7.60. The van der Waals surface area contributed by atoms with Crippen molar-refractivity contribution in [3.8, 4) is 0 Å². The van der Waals surface area contributed by atoms with Gasteiger partial charge in [0, 0.05) is 6.08 Å². The van der Waals surface area contributed by atoms with Gasteiger partial charge < -0.3 is 4.74 Å². The fourth-order valence-electron chi connectivity index (χ4n) is 1.55. The molecule has 2 heteroatoms. The molecule has 0 aromatic heterocycles.